The van der Waals surface area contributed by atoms with Crippen LogP contribution in [0.1, 0.15) is 28.7 Å². The molecule has 0 bridgehead atoms. The van der Waals surface area contributed by atoms with Gasteiger partial charge in [-0.1, -0.05) is 0 Å². The van der Waals surface area contributed by atoms with E-state index in [0.717, 1.165) is 18.0 Å². The van der Waals surface area contributed by atoms with Gasteiger partial charge in [-0.15, -0.1) is 11.3 Å². The first-order valence-corrected chi connectivity index (χ1v) is 7.16. The Labute approximate surface area is 106 Å². The van der Waals surface area contributed by atoms with Gasteiger partial charge in [0.2, 0.25) is 0 Å². The lowest BCUT2D eigenvalue weighted by molar-refractivity contribution is -0.102. The van der Waals surface area contributed by atoms with Crippen LogP contribution in [-0.4, -0.2) is 41.8 Å². The molecule has 17 heavy (non-hydrogen) atoms. The van der Waals surface area contributed by atoms with Crippen molar-refractivity contribution in [1.82, 2.24) is 4.90 Å². The lowest BCUT2D eigenvalue weighted by Crippen LogP contribution is -2.48. The molecular formula is C13H19NO2S. The van der Waals surface area contributed by atoms with E-state index in [9.17, 15) is 5.11 Å². The summed E-state index contributed by atoms with van der Waals surface area (Å²) in [6, 6.07) is 4.68. The van der Waals surface area contributed by atoms with E-state index < -0.39 is 6.10 Å². The molecule has 2 aliphatic rings. The molecule has 0 aliphatic carbocycles. The molecule has 2 fully saturated rings. The summed E-state index contributed by atoms with van der Waals surface area (Å²) in [6.45, 7) is 4.90. The Kier molecular flexibility index (Phi) is 3.21. The molecule has 1 aromatic rings. The van der Waals surface area contributed by atoms with Crippen molar-refractivity contribution in [1.29, 1.82) is 0 Å². The van der Waals surface area contributed by atoms with Crippen LogP contribution < -0.4 is 0 Å². The van der Waals surface area contributed by atoms with Crippen molar-refractivity contribution >= 4 is 11.3 Å². The maximum absolute atomic E-state index is 10.3. The van der Waals surface area contributed by atoms with Gasteiger partial charge in [-0.3, -0.25) is 4.90 Å². The molecular weight excluding hydrogens is 234 g/mol. The average Bonchev–Trinajstić information content (AvgIpc) is 2.95. The molecule has 3 nitrogen and oxygen atoms in total. The number of thiophene rings is 1. The van der Waals surface area contributed by atoms with Gasteiger partial charge in [-0.25, -0.2) is 0 Å². The SMILES string of the molecule is Cc1ccc(C(O)C2CN3CCCC3CO2)s1. The highest BCUT2D eigenvalue weighted by molar-refractivity contribution is 7.12. The second-order valence-corrected chi connectivity index (χ2v) is 6.38. The van der Waals surface area contributed by atoms with Gasteiger partial charge in [0.1, 0.15) is 12.2 Å². The minimum absolute atomic E-state index is 0.0533. The lowest BCUT2D eigenvalue weighted by Gasteiger charge is -2.37. The van der Waals surface area contributed by atoms with Gasteiger partial charge in [-0.05, 0) is 38.4 Å². The molecule has 1 N–H and O–H groups in total. The van der Waals surface area contributed by atoms with E-state index in [-0.39, 0.29) is 6.10 Å². The Balaban J connectivity index is 1.68. The van der Waals surface area contributed by atoms with Crippen molar-refractivity contribution in [3.8, 4) is 0 Å². The van der Waals surface area contributed by atoms with Crippen LogP contribution in [0.4, 0.5) is 0 Å². The molecule has 0 spiro atoms. The van der Waals surface area contributed by atoms with Crippen LogP contribution in [-0.2, 0) is 4.74 Å². The molecule has 4 heteroatoms. The van der Waals surface area contributed by atoms with Gasteiger partial charge < -0.3 is 9.84 Å². The largest absolute Gasteiger partial charge is 0.385 e. The third-order valence-corrected chi connectivity index (χ3v) is 4.89. The summed E-state index contributed by atoms with van der Waals surface area (Å²) in [6.07, 6.45) is 2.01. The Morgan fingerprint density at radius 2 is 2.41 bits per heavy atom. The molecule has 0 radical (unpaired) electrons. The predicted molar refractivity (Wildman–Crippen MR) is 68.4 cm³/mol. The van der Waals surface area contributed by atoms with Gasteiger partial charge in [0.25, 0.3) is 0 Å². The van der Waals surface area contributed by atoms with Crippen LogP contribution in [0.25, 0.3) is 0 Å². The van der Waals surface area contributed by atoms with E-state index >= 15 is 0 Å². The average molecular weight is 253 g/mol. The summed E-state index contributed by atoms with van der Waals surface area (Å²) in [4.78, 5) is 4.75. The highest BCUT2D eigenvalue weighted by Gasteiger charge is 2.35. The number of fused-ring (bicyclic) bond motifs is 1. The number of hydrogen-bond donors (Lipinski definition) is 1. The first kappa shape index (κ1) is 11.7. The first-order chi connectivity index (χ1) is 8.24. The standard InChI is InChI=1S/C13H19NO2S/c1-9-4-5-12(17-9)13(15)11-7-14-6-2-3-10(14)8-16-11/h4-5,10-11,13,15H,2-3,6-8H2,1H3. The number of aliphatic hydroxyl groups is 1. The van der Waals surface area contributed by atoms with Crippen molar-refractivity contribution in [2.75, 3.05) is 19.7 Å². The molecule has 0 amide bonds. The number of nitrogens with zero attached hydrogens (tertiary/aromatic N) is 1. The van der Waals surface area contributed by atoms with Crippen molar-refractivity contribution in [2.24, 2.45) is 0 Å². The summed E-state index contributed by atoms with van der Waals surface area (Å²) < 4.78 is 5.83. The van der Waals surface area contributed by atoms with Crippen molar-refractivity contribution < 1.29 is 9.84 Å². The fraction of sp³-hybridized carbons (Fsp3) is 0.692. The highest BCUT2D eigenvalue weighted by Crippen LogP contribution is 2.31. The van der Waals surface area contributed by atoms with E-state index in [2.05, 4.69) is 17.9 Å². The molecule has 3 heterocycles. The maximum atomic E-state index is 10.3. The quantitative estimate of drug-likeness (QED) is 0.874. The maximum Gasteiger partial charge on any atom is 0.115 e. The number of rotatable bonds is 2. The Morgan fingerprint density at radius 3 is 3.18 bits per heavy atom. The van der Waals surface area contributed by atoms with E-state index in [1.807, 2.05) is 6.07 Å². The monoisotopic (exact) mass is 253 g/mol. The smallest absolute Gasteiger partial charge is 0.115 e. The Bertz CT molecular complexity index is 393. The Hall–Kier alpha value is -0.420. The van der Waals surface area contributed by atoms with E-state index in [4.69, 9.17) is 4.74 Å². The van der Waals surface area contributed by atoms with Crippen LogP contribution in [0.2, 0.25) is 0 Å². The fourth-order valence-electron chi connectivity index (χ4n) is 2.83. The molecule has 3 rings (SSSR count). The van der Waals surface area contributed by atoms with Crippen molar-refractivity contribution in [3.63, 3.8) is 0 Å². The molecule has 94 valence electrons. The summed E-state index contributed by atoms with van der Waals surface area (Å²) in [5, 5.41) is 10.3. The topological polar surface area (TPSA) is 32.7 Å². The number of aryl methyl sites for hydroxylation is 1. The third-order valence-electron chi connectivity index (χ3n) is 3.82. The molecule has 2 aliphatic heterocycles. The molecule has 0 aromatic carbocycles. The van der Waals surface area contributed by atoms with Gasteiger partial charge in [0.05, 0.1) is 6.61 Å². The molecule has 0 saturated carbocycles. The fourth-order valence-corrected chi connectivity index (χ4v) is 3.75. The predicted octanol–water partition coefficient (Wildman–Crippen LogP) is 1.95. The van der Waals surface area contributed by atoms with Crippen molar-refractivity contribution in [2.45, 2.75) is 38.0 Å². The van der Waals surface area contributed by atoms with Crippen LogP contribution >= 0.6 is 11.3 Å². The zero-order chi connectivity index (χ0) is 11.8. The second-order valence-electron chi connectivity index (χ2n) is 5.06. The molecule has 3 unspecified atom stereocenters. The number of morpholine rings is 1. The van der Waals surface area contributed by atoms with Crippen LogP contribution in [0.3, 0.4) is 0 Å². The molecule has 2 saturated heterocycles. The normalized spacial score (nSPS) is 31.4. The highest BCUT2D eigenvalue weighted by atomic mass is 32.1. The van der Waals surface area contributed by atoms with Crippen LogP contribution in [0, 0.1) is 6.92 Å². The van der Waals surface area contributed by atoms with Gasteiger partial charge in [0.15, 0.2) is 0 Å². The third kappa shape index (κ3) is 2.27. The first-order valence-electron chi connectivity index (χ1n) is 6.34. The van der Waals surface area contributed by atoms with Crippen LogP contribution in [0.5, 0.6) is 0 Å². The minimum atomic E-state index is -0.463. The zero-order valence-electron chi connectivity index (χ0n) is 10.1. The summed E-state index contributed by atoms with van der Waals surface area (Å²) in [5.74, 6) is 0. The summed E-state index contributed by atoms with van der Waals surface area (Å²) >= 11 is 1.67. The van der Waals surface area contributed by atoms with Crippen LogP contribution in [0.15, 0.2) is 12.1 Å². The number of ether oxygens (including phenoxy) is 1. The van der Waals surface area contributed by atoms with E-state index in [1.54, 1.807) is 11.3 Å². The van der Waals surface area contributed by atoms with Gasteiger partial charge in [0, 0.05) is 22.3 Å². The summed E-state index contributed by atoms with van der Waals surface area (Å²) in [7, 11) is 0. The van der Waals surface area contributed by atoms with E-state index in [1.165, 1.54) is 24.3 Å². The second kappa shape index (κ2) is 4.69. The minimum Gasteiger partial charge on any atom is -0.385 e. The summed E-state index contributed by atoms with van der Waals surface area (Å²) in [5.41, 5.74) is 0. The van der Waals surface area contributed by atoms with Crippen molar-refractivity contribution in [3.05, 3.63) is 21.9 Å². The number of hydrogen-bond acceptors (Lipinski definition) is 4. The zero-order valence-corrected chi connectivity index (χ0v) is 10.9. The lowest BCUT2D eigenvalue weighted by atomic mass is 10.1. The number of aliphatic hydroxyl groups excluding tert-OH is 1. The Morgan fingerprint density at radius 1 is 1.53 bits per heavy atom. The molecule has 3 atom stereocenters. The van der Waals surface area contributed by atoms with E-state index in [0.29, 0.717) is 6.04 Å². The molecule has 1 aromatic heterocycles. The van der Waals surface area contributed by atoms with Gasteiger partial charge >= 0.3 is 0 Å². The van der Waals surface area contributed by atoms with Gasteiger partial charge in [-0.2, -0.15) is 0 Å².